The highest BCUT2D eigenvalue weighted by atomic mass is 35.5. The molecule has 0 aliphatic rings. The number of nitrogens with one attached hydrogen (secondary N) is 1. The Bertz CT molecular complexity index is 1110. The van der Waals surface area contributed by atoms with E-state index in [2.05, 4.69) is 5.32 Å². The van der Waals surface area contributed by atoms with Crippen LogP contribution < -0.4 is 5.32 Å². The van der Waals surface area contributed by atoms with Crippen molar-refractivity contribution in [1.29, 1.82) is 0 Å². The van der Waals surface area contributed by atoms with E-state index in [9.17, 15) is 4.79 Å². The zero-order chi connectivity index (χ0) is 21.6. The highest BCUT2D eigenvalue weighted by Crippen LogP contribution is 2.29. The van der Waals surface area contributed by atoms with Gasteiger partial charge in [-0.1, -0.05) is 84.0 Å². The van der Waals surface area contributed by atoms with Crippen LogP contribution in [0.15, 0.2) is 96.2 Å². The molecule has 0 aliphatic carbocycles. The fourth-order valence-electron chi connectivity index (χ4n) is 2.98. The van der Waals surface area contributed by atoms with Gasteiger partial charge in [-0.3, -0.25) is 4.79 Å². The fourth-order valence-corrected chi connectivity index (χ4v) is 3.89. The van der Waals surface area contributed by atoms with Crippen molar-refractivity contribution >= 4 is 35.0 Å². The van der Waals surface area contributed by atoms with Gasteiger partial charge in [0, 0.05) is 21.8 Å². The molecule has 0 unspecified atom stereocenters. The molecule has 0 saturated heterocycles. The molecule has 1 heterocycles. The number of carbonyl (C=O) groups excluding carboxylic acids is 1. The highest BCUT2D eigenvalue weighted by molar-refractivity contribution is 8.00. The smallest absolute Gasteiger partial charge is 0.237 e. The minimum atomic E-state index is -0.384. The van der Waals surface area contributed by atoms with Crippen LogP contribution in [0, 0.1) is 0 Å². The maximum atomic E-state index is 12.7. The number of rotatable bonds is 6. The van der Waals surface area contributed by atoms with Crippen molar-refractivity contribution in [1.82, 2.24) is 9.97 Å². The van der Waals surface area contributed by atoms with Gasteiger partial charge in [0.25, 0.3) is 0 Å². The molecule has 0 saturated carbocycles. The maximum absolute atomic E-state index is 12.7. The Morgan fingerprint density at radius 3 is 1.87 bits per heavy atom. The lowest BCUT2D eigenvalue weighted by Gasteiger charge is -2.13. The first-order valence-electron chi connectivity index (χ1n) is 9.81. The van der Waals surface area contributed by atoms with Crippen LogP contribution in [0.4, 0.5) is 5.69 Å². The minimum absolute atomic E-state index is 0.123. The third-order valence-corrected chi connectivity index (χ3v) is 5.82. The Hall–Kier alpha value is -3.15. The first-order chi connectivity index (χ1) is 15.1. The highest BCUT2D eigenvalue weighted by Gasteiger charge is 2.18. The van der Waals surface area contributed by atoms with E-state index in [4.69, 9.17) is 21.6 Å². The number of aromatic nitrogens is 2. The Morgan fingerprint density at radius 2 is 1.35 bits per heavy atom. The number of anilines is 1. The maximum Gasteiger partial charge on any atom is 0.237 e. The largest absolute Gasteiger partial charge is 0.325 e. The van der Waals surface area contributed by atoms with Gasteiger partial charge >= 0.3 is 0 Å². The normalized spacial score (nSPS) is 11.7. The molecule has 4 nitrogen and oxygen atoms in total. The number of benzene rings is 3. The van der Waals surface area contributed by atoms with E-state index in [0.29, 0.717) is 15.9 Å². The number of nitrogens with zero attached hydrogens (tertiary/aromatic N) is 2. The second kappa shape index (κ2) is 9.77. The quantitative estimate of drug-likeness (QED) is 0.269. The third-order valence-electron chi connectivity index (χ3n) is 4.61. The lowest BCUT2D eigenvalue weighted by atomic mass is 10.1. The van der Waals surface area contributed by atoms with Crippen LogP contribution in [0.25, 0.3) is 22.5 Å². The van der Waals surface area contributed by atoms with Crippen molar-refractivity contribution < 1.29 is 4.79 Å². The Morgan fingerprint density at radius 1 is 0.839 bits per heavy atom. The van der Waals surface area contributed by atoms with Crippen LogP contribution in [-0.4, -0.2) is 21.1 Å². The second-order valence-corrected chi connectivity index (χ2v) is 8.65. The molecule has 0 radical (unpaired) electrons. The molecule has 6 heteroatoms. The van der Waals surface area contributed by atoms with Crippen LogP contribution in [0.3, 0.4) is 0 Å². The van der Waals surface area contributed by atoms with E-state index in [0.717, 1.165) is 22.5 Å². The topological polar surface area (TPSA) is 54.9 Å². The van der Waals surface area contributed by atoms with E-state index >= 15 is 0 Å². The predicted octanol–water partition coefficient (Wildman–Crippen LogP) is 6.58. The summed E-state index contributed by atoms with van der Waals surface area (Å²) in [7, 11) is 0. The summed E-state index contributed by atoms with van der Waals surface area (Å²) in [5.74, 6) is -0.123. The molecular formula is C25H20ClN3OS. The van der Waals surface area contributed by atoms with Gasteiger partial charge in [0.2, 0.25) is 5.91 Å². The van der Waals surface area contributed by atoms with E-state index in [1.807, 2.05) is 73.7 Å². The second-order valence-electron chi connectivity index (χ2n) is 6.91. The molecule has 0 bridgehead atoms. The minimum Gasteiger partial charge on any atom is -0.325 e. The van der Waals surface area contributed by atoms with Gasteiger partial charge in [-0.15, -0.1) is 0 Å². The Labute approximate surface area is 190 Å². The van der Waals surface area contributed by atoms with Crippen LogP contribution in [0.5, 0.6) is 0 Å². The number of hydrogen-bond acceptors (Lipinski definition) is 4. The summed E-state index contributed by atoms with van der Waals surface area (Å²) in [6.07, 6.45) is 0. The van der Waals surface area contributed by atoms with Gasteiger partial charge in [-0.25, -0.2) is 9.97 Å². The van der Waals surface area contributed by atoms with Crippen molar-refractivity contribution in [3.8, 4) is 22.5 Å². The van der Waals surface area contributed by atoms with Gasteiger partial charge in [0.15, 0.2) is 5.16 Å². The average molecular weight is 446 g/mol. The summed E-state index contributed by atoms with van der Waals surface area (Å²) in [4.78, 5) is 22.1. The molecular weight excluding hydrogens is 426 g/mol. The first-order valence-corrected chi connectivity index (χ1v) is 11.1. The molecule has 0 aliphatic heterocycles. The molecule has 0 spiro atoms. The number of amides is 1. The number of carbonyl (C=O) groups is 1. The van der Waals surface area contributed by atoms with Crippen LogP contribution >= 0.6 is 23.4 Å². The van der Waals surface area contributed by atoms with Crippen molar-refractivity contribution in [3.05, 3.63) is 96.0 Å². The van der Waals surface area contributed by atoms with Crippen molar-refractivity contribution in [2.45, 2.75) is 17.3 Å². The van der Waals surface area contributed by atoms with Gasteiger partial charge in [-0.05, 0) is 37.3 Å². The fraction of sp³-hybridized carbons (Fsp3) is 0.0800. The molecule has 31 heavy (non-hydrogen) atoms. The molecule has 1 atom stereocenters. The first kappa shape index (κ1) is 21.1. The summed E-state index contributed by atoms with van der Waals surface area (Å²) in [6.45, 7) is 1.84. The molecule has 3 aromatic carbocycles. The average Bonchev–Trinajstić information content (AvgIpc) is 2.81. The van der Waals surface area contributed by atoms with Crippen LogP contribution in [-0.2, 0) is 4.79 Å². The lowest BCUT2D eigenvalue weighted by Crippen LogP contribution is -2.22. The molecule has 0 fully saturated rings. The standard InChI is InChI=1S/C25H20ClN3OS/c1-17(24(30)27-21-14-12-20(26)13-15-21)31-25-28-22(18-8-4-2-5-9-18)16-23(29-25)19-10-6-3-7-11-19/h2-17H,1H3,(H,27,30)/t17-/m0/s1. The zero-order valence-electron chi connectivity index (χ0n) is 16.8. The van der Waals surface area contributed by atoms with E-state index in [1.54, 1.807) is 24.3 Å². The monoisotopic (exact) mass is 445 g/mol. The third kappa shape index (κ3) is 5.51. The Kier molecular flexibility index (Phi) is 6.65. The lowest BCUT2D eigenvalue weighted by molar-refractivity contribution is -0.115. The number of thioether (sulfide) groups is 1. The van der Waals surface area contributed by atoms with Gasteiger partial charge in [0.05, 0.1) is 16.6 Å². The zero-order valence-corrected chi connectivity index (χ0v) is 18.4. The van der Waals surface area contributed by atoms with Gasteiger partial charge < -0.3 is 5.32 Å². The Balaban J connectivity index is 1.60. The van der Waals surface area contributed by atoms with Gasteiger partial charge in [-0.2, -0.15) is 0 Å². The van der Waals surface area contributed by atoms with E-state index in [-0.39, 0.29) is 11.2 Å². The molecule has 1 aromatic heterocycles. The summed E-state index contributed by atoms with van der Waals surface area (Å²) < 4.78 is 0. The van der Waals surface area contributed by atoms with Crippen molar-refractivity contribution in [2.24, 2.45) is 0 Å². The molecule has 1 amide bonds. The van der Waals surface area contributed by atoms with Crippen LogP contribution in [0.2, 0.25) is 5.02 Å². The molecule has 4 aromatic rings. The summed E-state index contributed by atoms with van der Waals surface area (Å²) in [6, 6.07) is 29.0. The summed E-state index contributed by atoms with van der Waals surface area (Å²) >= 11 is 7.25. The van der Waals surface area contributed by atoms with Crippen molar-refractivity contribution in [2.75, 3.05) is 5.32 Å². The summed E-state index contributed by atoms with van der Waals surface area (Å²) in [5, 5.41) is 3.70. The molecule has 154 valence electrons. The molecule has 1 N–H and O–H groups in total. The SMILES string of the molecule is C[C@H](Sc1nc(-c2ccccc2)cc(-c2ccccc2)n1)C(=O)Nc1ccc(Cl)cc1. The predicted molar refractivity (Wildman–Crippen MR) is 128 cm³/mol. The van der Waals surface area contributed by atoms with E-state index in [1.165, 1.54) is 11.8 Å². The van der Waals surface area contributed by atoms with Gasteiger partial charge in [0.1, 0.15) is 0 Å². The summed E-state index contributed by atoms with van der Waals surface area (Å²) in [5.41, 5.74) is 4.35. The number of hydrogen-bond donors (Lipinski definition) is 1. The molecule has 4 rings (SSSR count). The number of halogens is 1. The van der Waals surface area contributed by atoms with Crippen molar-refractivity contribution in [3.63, 3.8) is 0 Å². The van der Waals surface area contributed by atoms with Crippen LogP contribution in [0.1, 0.15) is 6.92 Å². The van der Waals surface area contributed by atoms with E-state index < -0.39 is 0 Å².